The van der Waals surface area contributed by atoms with E-state index in [1.54, 1.807) is 6.92 Å². The molecule has 4 nitrogen and oxygen atoms in total. The SMILES string of the molecule is Cc1cc(Cl)nc(Cl)c1NS(=O)(=O)c1ccc(F)c(F)c1. The second-order valence-corrected chi connectivity index (χ2v) is 6.54. The van der Waals surface area contributed by atoms with E-state index >= 15 is 0 Å². The van der Waals surface area contributed by atoms with Crippen LogP contribution in [0.3, 0.4) is 0 Å². The second-order valence-electron chi connectivity index (χ2n) is 4.11. The molecule has 0 saturated carbocycles. The number of rotatable bonds is 3. The first-order valence-corrected chi connectivity index (χ1v) is 7.75. The van der Waals surface area contributed by atoms with Crippen LogP contribution in [0.25, 0.3) is 0 Å². The van der Waals surface area contributed by atoms with Gasteiger partial charge in [-0.15, -0.1) is 0 Å². The van der Waals surface area contributed by atoms with Gasteiger partial charge in [-0.05, 0) is 36.8 Å². The standard InChI is InChI=1S/C12H8Cl2F2N2O2S/c1-6-4-10(13)17-12(14)11(6)18-21(19,20)7-2-3-8(15)9(16)5-7/h2-5,18H,1H3. The van der Waals surface area contributed by atoms with Crippen molar-refractivity contribution in [2.24, 2.45) is 0 Å². The van der Waals surface area contributed by atoms with Gasteiger partial charge in [-0.2, -0.15) is 0 Å². The third-order valence-electron chi connectivity index (χ3n) is 2.58. The van der Waals surface area contributed by atoms with Gasteiger partial charge in [-0.1, -0.05) is 23.2 Å². The van der Waals surface area contributed by atoms with Crippen LogP contribution < -0.4 is 4.72 Å². The lowest BCUT2D eigenvalue weighted by molar-refractivity contribution is 0.504. The van der Waals surface area contributed by atoms with Crippen molar-refractivity contribution in [1.29, 1.82) is 0 Å². The monoisotopic (exact) mass is 352 g/mol. The average Bonchev–Trinajstić information content (AvgIpc) is 2.37. The molecule has 1 aromatic heterocycles. The minimum absolute atomic E-state index is 0.0193. The first-order valence-electron chi connectivity index (χ1n) is 5.51. The fourth-order valence-corrected chi connectivity index (χ4v) is 3.34. The quantitative estimate of drug-likeness (QED) is 0.855. The predicted molar refractivity (Wildman–Crippen MR) is 76.2 cm³/mol. The van der Waals surface area contributed by atoms with Crippen LogP contribution in [0.2, 0.25) is 10.3 Å². The topological polar surface area (TPSA) is 59.1 Å². The van der Waals surface area contributed by atoms with Crippen LogP contribution in [-0.4, -0.2) is 13.4 Å². The maximum atomic E-state index is 13.1. The van der Waals surface area contributed by atoms with Crippen LogP contribution in [0.15, 0.2) is 29.2 Å². The normalized spacial score (nSPS) is 11.5. The number of anilines is 1. The number of benzene rings is 1. The molecule has 1 N–H and O–H groups in total. The zero-order chi connectivity index (χ0) is 15.8. The molecule has 0 bridgehead atoms. The van der Waals surface area contributed by atoms with E-state index in [-0.39, 0.29) is 16.0 Å². The van der Waals surface area contributed by atoms with E-state index in [0.29, 0.717) is 11.6 Å². The molecule has 0 aliphatic carbocycles. The molecule has 1 aromatic carbocycles. The highest BCUT2D eigenvalue weighted by molar-refractivity contribution is 7.92. The minimum Gasteiger partial charge on any atom is -0.276 e. The van der Waals surface area contributed by atoms with Gasteiger partial charge in [0.2, 0.25) is 0 Å². The number of pyridine rings is 1. The van der Waals surface area contributed by atoms with E-state index in [2.05, 4.69) is 9.71 Å². The number of hydrogen-bond donors (Lipinski definition) is 1. The third kappa shape index (κ3) is 3.42. The molecule has 0 unspecified atom stereocenters. The van der Waals surface area contributed by atoms with Crippen molar-refractivity contribution in [1.82, 2.24) is 4.98 Å². The van der Waals surface area contributed by atoms with E-state index in [9.17, 15) is 17.2 Å². The Bertz CT molecular complexity index is 790. The van der Waals surface area contributed by atoms with Crippen LogP contribution >= 0.6 is 23.2 Å². The summed E-state index contributed by atoms with van der Waals surface area (Å²) in [4.78, 5) is 3.28. The largest absolute Gasteiger partial charge is 0.276 e. The Morgan fingerprint density at radius 1 is 1.14 bits per heavy atom. The molecule has 112 valence electrons. The van der Waals surface area contributed by atoms with E-state index in [1.165, 1.54) is 6.07 Å². The highest BCUT2D eigenvalue weighted by atomic mass is 35.5. The molecular formula is C12H8Cl2F2N2O2S. The molecule has 0 radical (unpaired) electrons. The van der Waals surface area contributed by atoms with E-state index in [1.807, 2.05) is 0 Å². The molecule has 0 fully saturated rings. The molecule has 0 amide bonds. The molecular weight excluding hydrogens is 345 g/mol. The summed E-state index contributed by atoms with van der Waals surface area (Å²) >= 11 is 11.5. The van der Waals surface area contributed by atoms with Gasteiger partial charge in [0, 0.05) is 0 Å². The molecule has 0 saturated heterocycles. The van der Waals surface area contributed by atoms with Gasteiger partial charge in [-0.3, -0.25) is 4.72 Å². The molecule has 0 spiro atoms. The lowest BCUT2D eigenvalue weighted by Crippen LogP contribution is -2.15. The summed E-state index contributed by atoms with van der Waals surface area (Å²) in [6, 6.07) is 3.65. The van der Waals surface area contributed by atoms with E-state index in [4.69, 9.17) is 23.2 Å². The molecule has 1 heterocycles. The van der Waals surface area contributed by atoms with Gasteiger partial charge in [-0.25, -0.2) is 22.2 Å². The Hall–Kier alpha value is -1.44. The molecule has 2 rings (SSSR count). The third-order valence-corrected chi connectivity index (χ3v) is 4.39. The first kappa shape index (κ1) is 15.9. The predicted octanol–water partition coefficient (Wildman–Crippen LogP) is 3.78. The van der Waals surface area contributed by atoms with Crippen LogP contribution in [-0.2, 0) is 10.0 Å². The Labute approximate surface area is 129 Å². The Balaban J connectivity index is 2.44. The maximum Gasteiger partial charge on any atom is 0.262 e. The Morgan fingerprint density at radius 3 is 2.38 bits per heavy atom. The summed E-state index contributed by atoms with van der Waals surface area (Å²) in [6.07, 6.45) is 0. The Kier molecular flexibility index (Phi) is 4.36. The first-order chi connectivity index (χ1) is 9.70. The molecule has 9 heteroatoms. The zero-order valence-corrected chi connectivity index (χ0v) is 12.8. The summed E-state index contributed by atoms with van der Waals surface area (Å²) in [5, 5.41) is -0.0422. The van der Waals surface area contributed by atoms with Crippen LogP contribution in [0.5, 0.6) is 0 Å². The van der Waals surface area contributed by atoms with Crippen LogP contribution in [0.4, 0.5) is 14.5 Å². The smallest absolute Gasteiger partial charge is 0.262 e. The van der Waals surface area contributed by atoms with Gasteiger partial charge >= 0.3 is 0 Å². The van der Waals surface area contributed by atoms with Crippen molar-refractivity contribution in [3.05, 3.63) is 51.8 Å². The molecule has 0 aliphatic rings. The lowest BCUT2D eigenvalue weighted by atomic mass is 10.3. The molecule has 0 aliphatic heterocycles. The summed E-state index contributed by atoms with van der Waals surface area (Å²) in [5.74, 6) is -2.41. The van der Waals surface area contributed by atoms with Crippen molar-refractivity contribution in [2.45, 2.75) is 11.8 Å². The Morgan fingerprint density at radius 2 is 1.81 bits per heavy atom. The number of aromatic nitrogens is 1. The van der Waals surface area contributed by atoms with Gasteiger partial charge in [0.1, 0.15) is 5.15 Å². The maximum absolute atomic E-state index is 13.1. The average molecular weight is 353 g/mol. The van der Waals surface area contributed by atoms with Crippen molar-refractivity contribution < 1.29 is 17.2 Å². The van der Waals surface area contributed by atoms with Crippen molar-refractivity contribution in [3.8, 4) is 0 Å². The summed E-state index contributed by atoms with van der Waals surface area (Å²) in [7, 11) is -4.13. The summed E-state index contributed by atoms with van der Waals surface area (Å²) in [6.45, 7) is 1.57. The summed E-state index contributed by atoms with van der Waals surface area (Å²) in [5.41, 5.74) is 0.456. The fourth-order valence-electron chi connectivity index (χ4n) is 1.56. The number of sulfonamides is 1. The minimum atomic E-state index is -4.13. The lowest BCUT2D eigenvalue weighted by Gasteiger charge is -2.12. The van der Waals surface area contributed by atoms with Crippen LogP contribution in [0.1, 0.15) is 5.56 Å². The molecule has 0 atom stereocenters. The number of nitrogens with one attached hydrogen (secondary N) is 1. The van der Waals surface area contributed by atoms with E-state index in [0.717, 1.165) is 12.1 Å². The van der Waals surface area contributed by atoms with Crippen LogP contribution in [0, 0.1) is 18.6 Å². The van der Waals surface area contributed by atoms with Crippen molar-refractivity contribution in [2.75, 3.05) is 4.72 Å². The highest BCUT2D eigenvalue weighted by Gasteiger charge is 2.20. The second kappa shape index (κ2) is 5.75. The number of nitrogens with zero attached hydrogens (tertiary/aromatic N) is 1. The molecule has 2 aromatic rings. The van der Waals surface area contributed by atoms with Crippen molar-refractivity contribution >= 4 is 38.9 Å². The van der Waals surface area contributed by atoms with Gasteiger partial charge in [0.25, 0.3) is 10.0 Å². The van der Waals surface area contributed by atoms with E-state index < -0.39 is 26.6 Å². The van der Waals surface area contributed by atoms with Gasteiger partial charge in [0.05, 0.1) is 10.6 Å². The van der Waals surface area contributed by atoms with Gasteiger partial charge in [0.15, 0.2) is 16.8 Å². The number of aryl methyl sites for hydroxylation is 1. The van der Waals surface area contributed by atoms with Crippen molar-refractivity contribution in [3.63, 3.8) is 0 Å². The number of hydrogen-bond acceptors (Lipinski definition) is 3. The molecule has 21 heavy (non-hydrogen) atoms. The number of halogens is 4. The van der Waals surface area contributed by atoms with Gasteiger partial charge < -0.3 is 0 Å². The highest BCUT2D eigenvalue weighted by Crippen LogP contribution is 2.29. The summed E-state index contributed by atoms with van der Waals surface area (Å²) < 4.78 is 52.4. The fraction of sp³-hybridized carbons (Fsp3) is 0.0833. The zero-order valence-electron chi connectivity index (χ0n) is 10.5.